The van der Waals surface area contributed by atoms with Gasteiger partial charge in [-0.3, -0.25) is 0 Å². The van der Waals surface area contributed by atoms with Gasteiger partial charge in [-0.2, -0.15) is 0 Å². The summed E-state index contributed by atoms with van der Waals surface area (Å²) in [6, 6.07) is 0. The molecule has 0 aliphatic carbocycles. The molecular formula is C20H38O5. The number of hydrogen-bond donors (Lipinski definition) is 3. The van der Waals surface area contributed by atoms with E-state index >= 15 is 0 Å². The fourth-order valence-electron chi connectivity index (χ4n) is 3.08. The van der Waals surface area contributed by atoms with Crippen molar-refractivity contribution in [1.82, 2.24) is 0 Å². The first-order valence-corrected chi connectivity index (χ1v) is 10.1. The predicted octanol–water partition coefficient (Wildman–Crippen LogP) is 2.96. The van der Waals surface area contributed by atoms with E-state index in [-0.39, 0.29) is 13.2 Å². The number of unbranched alkanes of at least 4 members (excludes halogenated alkanes) is 8. The molecule has 0 aromatic rings. The molecule has 1 rings (SSSR count). The number of aliphatic hydroxyl groups is 3. The number of aliphatic hydroxyl groups excluding tert-OH is 3. The molecule has 4 atom stereocenters. The lowest BCUT2D eigenvalue weighted by molar-refractivity contribution is -0.101. The first-order valence-electron chi connectivity index (χ1n) is 10.1. The zero-order chi connectivity index (χ0) is 18.3. The second-order valence-corrected chi connectivity index (χ2v) is 6.97. The van der Waals surface area contributed by atoms with Crippen LogP contribution >= 0.6 is 0 Å². The summed E-state index contributed by atoms with van der Waals surface area (Å²) in [5.74, 6) is 0. The largest absolute Gasteiger partial charge is 0.394 e. The quantitative estimate of drug-likeness (QED) is 0.310. The number of ether oxygens (including phenoxy) is 2. The molecule has 0 aromatic heterocycles. The minimum Gasteiger partial charge on any atom is -0.394 e. The molecule has 1 saturated heterocycles. The van der Waals surface area contributed by atoms with Gasteiger partial charge in [-0.05, 0) is 32.1 Å². The smallest absolute Gasteiger partial charge is 0.114 e. The van der Waals surface area contributed by atoms with Gasteiger partial charge in [0.1, 0.15) is 24.4 Å². The van der Waals surface area contributed by atoms with Crippen LogP contribution in [0.3, 0.4) is 0 Å². The van der Waals surface area contributed by atoms with Gasteiger partial charge in [0, 0.05) is 6.61 Å². The van der Waals surface area contributed by atoms with Gasteiger partial charge in [0.05, 0.1) is 13.2 Å². The predicted molar refractivity (Wildman–Crippen MR) is 99.6 cm³/mol. The zero-order valence-electron chi connectivity index (χ0n) is 15.8. The molecule has 1 aliphatic rings. The van der Waals surface area contributed by atoms with E-state index in [4.69, 9.17) is 9.47 Å². The minimum absolute atomic E-state index is 0.0951. The van der Waals surface area contributed by atoms with Crippen molar-refractivity contribution in [1.29, 1.82) is 0 Å². The molecular weight excluding hydrogens is 320 g/mol. The fraction of sp³-hybridized carbons (Fsp3) is 0.900. The van der Waals surface area contributed by atoms with Crippen molar-refractivity contribution >= 4 is 0 Å². The Hall–Kier alpha value is -0.460. The molecule has 25 heavy (non-hydrogen) atoms. The third-order valence-corrected chi connectivity index (χ3v) is 4.72. The van der Waals surface area contributed by atoms with Crippen molar-refractivity contribution in [3.63, 3.8) is 0 Å². The van der Waals surface area contributed by atoms with E-state index in [0.29, 0.717) is 6.61 Å². The molecule has 0 radical (unpaired) electrons. The first kappa shape index (κ1) is 22.6. The Morgan fingerprint density at radius 2 is 1.64 bits per heavy atom. The monoisotopic (exact) mass is 358 g/mol. The molecule has 1 heterocycles. The zero-order valence-corrected chi connectivity index (χ0v) is 15.8. The molecule has 3 N–H and O–H groups in total. The molecule has 5 heteroatoms. The highest BCUT2D eigenvalue weighted by molar-refractivity contribution is 4.88. The molecule has 0 unspecified atom stereocenters. The fourth-order valence-corrected chi connectivity index (χ4v) is 3.08. The van der Waals surface area contributed by atoms with E-state index in [1.165, 1.54) is 44.9 Å². The van der Waals surface area contributed by atoms with Crippen LogP contribution in [0.5, 0.6) is 0 Å². The molecule has 0 spiro atoms. The minimum atomic E-state index is -0.981. The van der Waals surface area contributed by atoms with Crippen LogP contribution in [-0.4, -0.2) is 59.6 Å². The molecule has 148 valence electrons. The van der Waals surface area contributed by atoms with Gasteiger partial charge in [-0.1, -0.05) is 51.2 Å². The van der Waals surface area contributed by atoms with Crippen molar-refractivity contribution in [3.8, 4) is 0 Å². The third kappa shape index (κ3) is 9.71. The van der Waals surface area contributed by atoms with Gasteiger partial charge in [0.2, 0.25) is 0 Å². The Kier molecular flexibility index (Phi) is 13.3. The van der Waals surface area contributed by atoms with Gasteiger partial charge in [0.15, 0.2) is 0 Å². The summed E-state index contributed by atoms with van der Waals surface area (Å²) in [5, 5.41) is 28.6. The Balaban J connectivity index is 1.95. The van der Waals surface area contributed by atoms with Gasteiger partial charge < -0.3 is 24.8 Å². The second-order valence-electron chi connectivity index (χ2n) is 6.97. The number of allylic oxidation sites excluding steroid dienone is 2. The van der Waals surface area contributed by atoms with Crippen LogP contribution in [0.1, 0.15) is 71.1 Å². The lowest BCUT2D eigenvalue weighted by Gasteiger charge is -2.24. The Morgan fingerprint density at radius 3 is 2.20 bits per heavy atom. The number of rotatable bonds is 15. The van der Waals surface area contributed by atoms with Crippen molar-refractivity contribution in [2.45, 2.75) is 95.5 Å². The van der Waals surface area contributed by atoms with Crippen molar-refractivity contribution in [3.05, 3.63) is 12.2 Å². The van der Waals surface area contributed by atoms with Crippen LogP contribution in [0.2, 0.25) is 0 Å². The topological polar surface area (TPSA) is 79.2 Å². The van der Waals surface area contributed by atoms with Crippen LogP contribution in [0.25, 0.3) is 0 Å². The molecule has 0 aromatic carbocycles. The molecule has 0 saturated carbocycles. The standard InChI is InChI=1S/C20H38O5/c1-2-3-4-5-6-7-8-9-10-11-12-13-14-24-18(15-21)20-19(23)17(22)16-25-20/h7-8,17-23H,2-6,9-16H2,1H3/b8-7+/t17-,18+,19-,20-/m0/s1. The van der Waals surface area contributed by atoms with Crippen molar-refractivity contribution in [2.24, 2.45) is 0 Å². The highest BCUT2D eigenvalue weighted by atomic mass is 16.6. The molecule has 1 fully saturated rings. The summed E-state index contributed by atoms with van der Waals surface area (Å²) in [7, 11) is 0. The van der Waals surface area contributed by atoms with Crippen LogP contribution in [0.15, 0.2) is 12.2 Å². The van der Waals surface area contributed by atoms with E-state index in [1.54, 1.807) is 0 Å². The lowest BCUT2D eigenvalue weighted by Crippen LogP contribution is -2.42. The summed E-state index contributed by atoms with van der Waals surface area (Å²) in [6.45, 7) is 2.66. The average Bonchev–Trinajstić information content (AvgIpc) is 2.95. The van der Waals surface area contributed by atoms with E-state index < -0.39 is 24.4 Å². The maximum atomic E-state index is 9.79. The van der Waals surface area contributed by atoms with Crippen LogP contribution in [-0.2, 0) is 9.47 Å². The Morgan fingerprint density at radius 1 is 1.00 bits per heavy atom. The van der Waals surface area contributed by atoms with Crippen molar-refractivity contribution in [2.75, 3.05) is 19.8 Å². The molecule has 0 bridgehead atoms. The Labute approximate surface area is 153 Å². The third-order valence-electron chi connectivity index (χ3n) is 4.72. The van der Waals surface area contributed by atoms with Gasteiger partial charge in [0.25, 0.3) is 0 Å². The van der Waals surface area contributed by atoms with E-state index in [1.807, 2.05) is 0 Å². The van der Waals surface area contributed by atoms with Gasteiger partial charge in [-0.15, -0.1) is 0 Å². The SMILES string of the molecule is CCCCCC/C=C/CCCCCCO[C@H](CO)[C@@H]1OC[C@H](O)[C@@H]1O. The van der Waals surface area contributed by atoms with E-state index in [9.17, 15) is 15.3 Å². The van der Waals surface area contributed by atoms with Crippen molar-refractivity contribution < 1.29 is 24.8 Å². The van der Waals surface area contributed by atoms with Gasteiger partial charge in [-0.25, -0.2) is 0 Å². The normalized spacial score (nSPS) is 25.0. The Bertz CT molecular complexity index is 334. The summed E-state index contributed by atoms with van der Waals surface area (Å²) in [5.41, 5.74) is 0. The average molecular weight is 359 g/mol. The van der Waals surface area contributed by atoms with Crippen LogP contribution < -0.4 is 0 Å². The van der Waals surface area contributed by atoms with Gasteiger partial charge >= 0.3 is 0 Å². The molecule has 0 amide bonds. The summed E-state index contributed by atoms with van der Waals surface area (Å²) < 4.78 is 10.9. The van der Waals surface area contributed by atoms with Crippen LogP contribution in [0, 0.1) is 0 Å². The van der Waals surface area contributed by atoms with Crippen LogP contribution in [0.4, 0.5) is 0 Å². The lowest BCUT2D eigenvalue weighted by atomic mass is 10.1. The summed E-state index contributed by atoms with van der Waals surface area (Å²) >= 11 is 0. The molecule has 5 nitrogen and oxygen atoms in total. The highest BCUT2D eigenvalue weighted by Gasteiger charge is 2.40. The van der Waals surface area contributed by atoms with E-state index in [2.05, 4.69) is 19.1 Å². The summed E-state index contributed by atoms with van der Waals surface area (Å²) in [6.07, 6.45) is 13.6. The summed E-state index contributed by atoms with van der Waals surface area (Å²) in [4.78, 5) is 0. The maximum Gasteiger partial charge on any atom is 0.114 e. The number of hydrogen-bond acceptors (Lipinski definition) is 5. The maximum absolute atomic E-state index is 9.79. The highest BCUT2D eigenvalue weighted by Crippen LogP contribution is 2.19. The van der Waals surface area contributed by atoms with E-state index in [0.717, 1.165) is 19.3 Å². The molecule has 1 aliphatic heterocycles. The second kappa shape index (κ2) is 14.7. The first-order chi connectivity index (χ1) is 12.2.